The highest BCUT2D eigenvalue weighted by Crippen LogP contribution is 2.30. The van der Waals surface area contributed by atoms with E-state index in [1.54, 1.807) is 40.6 Å². The highest BCUT2D eigenvalue weighted by molar-refractivity contribution is 7.03. The molecule has 166 valence electrons. The third kappa shape index (κ3) is 5.08. The van der Waals surface area contributed by atoms with Crippen molar-refractivity contribution in [3.8, 4) is 5.75 Å². The second-order valence-corrected chi connectivity index (χ2v) is 7.88. The van der Waals surface area contributed by atoms with Crippen molar-refractivity contribution >= 4 is 29.0 Å². The van der Waals surface area contributed by atoms with Gasteiger partial charge in [0, 0.05) is 24.0 Å². The number of carbonyl (C=O) groups excluding carboxylic acids is 1. The van der Waals surface area contributed by atoms with Crippen molar-refractivity contribution < 1.29 is 22.7 Å². The molecule has 32 heavy (non-hydrogen) atoms. The number of pyridine rings is 1. The molecule has 0 unspecified atom stereocenters. The highest BCUT2D eigenvalue weighted by Gasteiger charge is 2.33. The zero-order valence-corrected chi connectivity index (χ0v) is 17.6. The first-order valence-corrected chi connectivity index (χ1v) is 10.6. The van der Waals surface area contributed by atoms with Crippen LogP contribution in [0.3, 0.4) is 0 Å². The van der Waals surface area contributed by atoms with Gasteiger partial charge < -0.3 is 15.0 Å². The number of alkyl halides is 3. The van der Waals surface area contributed by atoms with Gasteiger partial charge in [0.1, 0.15) is 23.4 Å². The molecule has 0 spiro atoms. The summed E-state index contributed by atoms with van der Waals surface area (Å²) in [6.07, 6.45) is -2.50. The van der Waals surface area contributed by atoms with E-state index < -0.39 is 11.9 Å². The lowest BCUT2D eigenvalue weighted by molar-refractivity contribution is -0.141. The van der Waals surface area contributed by atoms with Gasteiger partial charge in [-0.05, 0) is 53.5 Å². The Hall–Kier alpha value is -3.40. The number of benzene rings is 1. The van der Waals surface area contributed by atoms with Gasteiger partial charge in [-0.1, -0.05) is 12.6 Å². The number of carbonyl (C=O) groups is 1. The number of anilines is 1. The number of halogens is 3. The molecule has 1 aliphatic heterocycles. The number of amides is 1. The maximum Gasteiger partial charge on any atom is 0.433 e. The number of ether oxygens (including phenoxy) is 1. The highest BCUT2D eigenvalue weighted by atomic mass is 32.1. The lowest BCUT2D eigenvalue weighted by Crippen LogP contribution is -2.26. The molecule has 0 saturated carbocycles. The Kier molecular flexibility index (Phi) is 6.13. The Bertz CT molecular complexity index is 1100. The standard InChI is InChI=1S/C22H19F3N4O2S/c1-14(27-21(30)16-11-26-32-13-16)15-5-7-17(8-6-15)31-18-9-10-29(12-18)20-4-2-3-19(28-20)22(23,24)25/h2-8,11,13,18H,1,9-10,12H2,(H,27,30)/t18-/m1/s1. The van der Waals surface area contributed by atoms with Crippen LogP contribution < -0.4 is 15.0 Å². The van der Waals surface area contributed by atoms with Crippen LogP contribution >= 0.6 is 11.5 Å². The van der Waals surface area contributed by atoms with E-state index in [2.05, 4.69) is 21.3 Å². The van der Waals surface area contributed by atoms with Crippen LogP contribution in [0.5, 0.6) is 5.75 Å². The Balaban J connectivity index is 1.33. The van der Waals surface area contributed by atoms with Gasteiger partial charge in [0.05, 0.1) is 18.3 Å². The van der Waals surface area contributed by atoms with Crippen molar-refractivity contribution in [3.63, 3.8) is 0 Å². The SMILES string of the molecule is C=C(NC(=O)c1cnsc1)c1ccc(O[C@@H]2CCN(c3cccc(C(F)(F)F)n3)C2)cc1. The van der Waals surface area contributed by atoms with E-state index in [1.165, 1.54) is 23.8 Å². The average molecular weight is 460 g/mol. The van der Waals surface area contributed by atoms with Crippen LogP contribution in [0.15, 0.2) is 60.6 Å². The van der Waals surface area contributed by atoms with E-state index in [0.717, 1.165) is 11.6 Å². The van der Waals surface area contributed by atoms with E-state index in [-0.39, 0.29) is 17.8 Å². The zero-order valence-electron chi connectivity index (χ0n) is 16.8. The van der Waals surface area contributed by atoms with Crippen LogP contribution in [-0.2, 0) is 6.18 Å². The third-order valence-corrected chi connectivity index (χ3v) is 5.54. The van der Waals surface area contributed by atoms with Gasteiger partial charge in [-0.15, -0.1) is 0 Å². The first-order valence-electron chi connectivity index (χ1n) is 9.75. The van der Waals surface area contributed by atoms with Crippen LogP contribution in [0.1, 0.15) is 28.0 Å². The second kappa shape index (κ2) is 8.99. The molecule has 1 fully saturated rings. The lowest BCUT2D eigenvalue weighted by atomic mass is 10.1. The van der Waals surface area contributed by atoms with Gasteiger partial charge >= 0.3 is 6.18 Å². The molecule has 4 rings (SSSR count). The normalized spacial score (nSPS) is 16.1. The van der Waals surface area contributed by atoms with Gasteiger partial charge in [-0.2, -0.15) is 13.2 Å². The summed E-state index contributed by atoms with van der Waals surface area (Å²) in [5.74, 6) is 0.631. The zero-order chi connectivity index (χ0) is 22.7. The first kappa shape index (κ1) is 21.8. The molecule has 1 atom stereocenters. The maximum absolute atomic E-state index is 12.9. The minimum atomic E-state index is -4.47. The molecule has 3 heterocycles. The van der Waals surface area contributed by atoms with Crippen LogP contribution in [0, 0.1) is 0 Å². The summed E-state index contributed by atoms with van der Waals surface area (Å²) in [7, 11) is 0. The van der Waals surface area contributed by atoms with E-state index in [4.69, 9.17) is 4.74 Å². The number of nitrogens with one attached hydrogen (secondary N) is 1. The van der Waals surface area contributed by atoms with Crippen LogP contribution in [-0.4, -0.2) is 34.5 Å². The molecule has 3 aromatic rings. The summed E-state index contributed by atoms with van der Waals surface area (Å²) in [5.41, 5.74) is 0.750. The smallest absolute Gasteiger partial charge is 0.433 e. The maximum atomic E-state index is 12.9. The average Bonchev–Trinajstić information content (AvgIpc) is 3.46. The van der Waals surface area contributed by atoms with Gasteiger partial charge in [0.15, 0.2) is 0 Å². The topological polar surface area (TPSA) is 67.3 Å². The van der Waals surface area contributed by atoms with E-state index in [1.807, 2.05) is 0 Å². The largest absolute Gasteiger partial charge is 0.489 e. The molecular formula is C22H19F3N4O2S. The van der Waals surface area contributed by atoms with Gasteiger partial charge in [0.2, 0.25) is 0 Å². The van der Waals surface area contributed by atoms with Gasteiger partial charge in [-0.25, -0.2) is 9.36 Å². The van der Waals surface area contributed by atoms with Gasteiger partial charge in [0.25, 0.3) is 5.91 Å². The third-order valence-electron chi connectivity index (χ3n) is 4.96. The van der Waals surface area contributed by atoms with Crippen molar-refractivity contribution in [2.24, 2.45) is 0 Å². The molecule has 6 nitrogen and oxygen atoms in total. The minimum Gasteiger partial charge on any atom is -0.489 e. The predicted molar refractivity (Wildman–Crippen MR) is 116 cm³/mol. The summed E-state index contributed by atoms with van der Waals surface area (Å²) < 4.78 is 48.6. The van der Waals surface area contributed by atoms with E-state index >= 15 is 0 Å². The molecule has 2 aromatic heterocycles. The first-order chi connectivity index (χ1) is 15.3. The summed E-state index contributed by atoms with van der Waals surface area (Å²) in [6.45, 7) is 4.88. The summed E-state index contributed by atoms with van der Waals surface area (Å²) in [4.78, 5) is 17.6. The molecule has 10 heteroatoms. The number of nitrogens with zero attached hydrogens (tertiary/aromatic N) is 3. The van der Waals surface area contributed by atoms with E-state index in [9.17, 15) is 18.0 Å². The van der Waals surface area contributed by atoms with Crippen LogP contribution in [0.2, 0.25) is 0 Å². The second-order valence-electron chi connectivity index (χ2n) is 7.22. The fourth-order valence-electron chi connectivity index (χ4n) is 3.32. The molecule has 1 N–H and O–H groups in total. The Morgan fingerprint density at radius 1 is 1.19 bits per heavy atom. The summed E-state index contributed by atoms with van der Waals surface area (Å²) in [6, 6.07) is 11.0. The van der Waals surface area contributed by atoms with Crippen molar-refractivity contribution in [2.75, 3.05) is 18.0 Å². The van der Waals surface area contributed by atoms with Crippen molar-refractivity contribution in [1.29, 1.82) is 0 Å². The van der Waals surface area contributed by atoms with Crippen molar-refractivity contribution in [1.82, 2.24) is 14.7 Å². The molecule has 0 radical (unpaired) electrons. The van der Waals surface area contributed by atoms with Crippen LogP contribution in [0.25, 0.3) is 5.70 Å². The van der Waals surface area contributed by atoms with Crippen molar-refractivity contribution in [3.05, 3.63) is 77.4 Å². The molecule has 1 aromatic carbocycles. The number of hydrogen-bond donors (Lipinski definition) is 1. The molecule has 0 bridgehead atoms. The molecule has 1 aliphatic rings. The molecule has 0 aliphatic carbocycles. The predicted octanol–water partition coefficient (Wildman–Crippen LogP) is 4.62. The molecule has 1 amide bonds. The summed E-state index contributed by atoms with van der Waals surface area (Å²) >= 11 is 1.19. The Labute approximate surface area is 186 Å². The van der Waals surface area contributed by atoms with Crippen molar-refractivity contribution in [2.45, 2.75) is 18.7 Å². The Morgan fingerprint density at radius 2 is 1.97 bits per heavy atom. The van der Waals surface area contributed by atoms with Gasteiger partial charge in [-0.3, -0.25) is 4.79 Å². The Morgan fingerprint density at radius 3 is 2.66 bits per heavy atom. The quantitative estimate of drug-likeness (QED) is 0.582. The molecule has 1 saturated heterocycles. The summed E-state index contributed by atoms with van der Waals surface area (Å²) in [5, 5.41) is 4.38. The minimum absolute atomic E-state index is 0.175. The van der Waals surface area contributed by atoms with Crippen LogP contribution in [0.4, 0.5) is 19.0 Å². The number of hydrogen-bond acceptors (Lipinski definition) is 6. The van der Waals surface area contributed by atoms with E-state index in [0.29, 0.717) is 36.5 Å². The number of aromatic nitrogens is 2. The molecular weight excluding hydrogens is 441 g/mol. The fourth-order valence-corrected chi connectivity index (χ4v) is 3.83. The lowest BCUT2D eigenvalue weighted by Gasteiger charge is -2.19. The fraction of sp³-hybridized carbons (Fsp3) is 0.227. The monoisotopic (exact) mass is 460 g/mol. The number of rotatable bonds is 6.